The van der Waals surface area contributed by atoms with E-state index in [2.05, 4.69) is 41.2 Å². The van der Waals surface area contributed by atoms with E-state index < -0.39 is 12.2 Å². The van der Waals surface area contributed by atoms with Gasteiger partial charge in [0.05, 0.1) is 12.2 Å². The molecule has 0 radical (unpaired) electrons. The zero-order chi connectivity index (χ0) is 16.8. The molecule has 2 rings (SSSR count). The van der Waals surface area contributed by atoms with Gasteiger partial charge >= 0.3 is 0 Å². The molecule has 0 aromatic carbocycles. The van der Waals surface area contributed by atoms with E-state index in [1.807, 2.05) is 6.08 Å². The molecule has 5 atom stereocenters. The summed E-state index contributed by atoms with van der Waals surface area (Å²) in [4.78, 5) is 0. The van der Waals surface area contributed by atoms with Gasteiger partial charge < -0.3 is 10.2 Å². The lowest BCUT2D eigenvalue weighted by molar-refractivity contribution is -0.174. The third kappa shape index (κ3) is 3.14. The molecule has 0 bridgehead atoms. The first-order chi connectivity index (χ1) is 10.0. The first kappa shape index (κ1) is 18.0. The van der Waals surface area contributed by atoms with Crippen molar-refractivity contribution in [3.05, 3.63) is 12.7 Å². The van der Waals surface area contributed by atoms with Crippen molar-refractivity contribution in [3.63, 3.8) is 0 Å². The molecule has 2 N–H and O–H groups in total. The molecule has 0 heterocycles. The Kier molecular flexibility index (Phi) is 4.86. The van der Waals surface area contributed by atoms with Crippen molar-refractivity contribution in [1.82, 2.24) is 0 Å². The maximum Gasteiger partial charge on any atom is 0.0832 e. The highest BCUT2D eigenvalue weighted by Gasteiger charge is 2.56. The highest BCUT2D eigenvalue weighted by Crippen LogP contribution is 2.61. The van der Waals surface area contributed by atoms with Crippen molar-refractivity contribution in [2.24, 2.45) is 28.1 Å². The summed E-state index contributed by atoms with van der Waals surface area (Å²) in [5, 5.41) is 21.2. The van der Waals surface area contributed by atoms with Crippen LogP contribution in [0.25, 0.3) is 0 Å². The number of hydrogen-bond donors (Lipinski definition) is 2. The molecule has 2 saturated carbocycles. The van der Waals surface area contributed by atoms with Crippen LogP contribution >= 0.6 is 0 Å². The quantitative estimate of drug-likeness (QED) is 0.748. The minimum Gasteiger partial charge on any atom is -0.390 e. The molecule has 2 unspecified atom stereocenters. The van der Waals surface area contributed by atoms with Gasteiger partial charge in [0.15, 0.2) is 0 Å². The summed E-state index contributed by atoms with van der Waals surface area (Å²) in [5.74, 6) is 0.698. The Labute approximate surface area is 137 Å². The Morgan fingerprint density at radius 1 is 1.18 bits per heavy atom. The van der Waals surface area contributed by atoms with Crippen LogP contribution in [0.4, 0.5) is 0 Å². The van der Waals surface area contributed by atoms with Gasteiger partial charge in [-0.25, -0.2) is 0 Å². The van der Waals surface area contributed by atoms with Gasteiger partial charge in [-0.3, -0.25) is 0 Å². The standard InChI is InChI=1S/C20H36O2/c1-7-18(2,3)12-9-14-17(22)15(21)13-16-19(4,5)10-8-11-20(14,16)6/h7,14-17,21-22H,1,8-13H2,2-6H3/t14?,15-,16?,17-,20+/m1/s1. The predicted molar refractivity (Wildman–Crippen MR) is 92.6 cm³/mol. The van der Waals surface area contributed by atoms with E-state index in [9.17, 15) is 10.2 Å². The lowest BCUT2D eigenvalue weighted by atomic mass is 9.46. The maximum absolute atomic E-state index is 10.7. The molecule has 0 saturated heterocycles. The van der Waals surface area contributed by atoms with E-state index >= 15 is 0 Å². The highest BCUT2D eigenvalue weighted by molar-refractivity contribution is 5.06. The van der Waals surface area contributed by atoms with Crippen LogP contribution in [0, 0.1) is 28.1 Å². The fourth-order valence-corrected chi connectivity index (χ4v) is 5.37. The van der Waals surface area contributed by atoms with Gasteiger partial charge in [0.2, 0.25) is 0 Å². The minimum absolute atomic E-state index is 0.0954. The first-order valence-corrected chi connectivity index (χ1v) is 9.03. The fraction of sp³-hybridized carbons (Fsp3) is 0.900. The summed E-state index contributed by atoms with van der Waals surface area (Å²) in [6.45, 7) is 15.4. The third-order valence-electron chi connectivity index (χ3n) is 7.06. The number of hydrogen-bond acceptors (Lipinski definition) is 2. The van der Waals surface area contributed by atoms with E-state index in [1.165, 1.54) is 19.3 Å². The van der Waals surface area contributed by atoms with Gasteiger partial charge in [-0.1, -0.05) is 47.1 Å². The Morgan fingerprint density at radius 3 is 2.41 bits per heavy atom. The summed E-state index contributed by atoms with van der Waals surface area (Å²) in [5.41, 5.74) is 0.510. The monoisotopic (exact) mass is 308 g/mol. The highest BCUT2D eigenvalue weighted by atomic mass is 16.3. The van der Waals surface area contributed by atoms with Crippen LogP contribution in [0.1, 0.15) is 73.1 Å². The van der Waals surface area contributed by atoms with E-state index in [-0.39, 0.29) is 22.2 Å². The summed E-state index contributed by atoms with van der Waals surface area (Å²) in [6, 6.07) is 0. The Bertz CT molecular complexity index is 412. The number of rotatable bonds is 4. The molecule has 2 fully saturated rings. The number of aliphatic hydroxyl groups is 2. The Balaban J connectivity index is 2.26. The molecule has 0 spiro atoms. The molecule has 0 aromatic heterocycles. The second kappa shape index (κ2) is 5.94. The van der Waals surface area contributed by atoms with Crippen LogP contribution in [0.3, 0.4) is 0 Å². The van der Waals surface area contributed by atoms with Crippen molar-refractivity contribution in [2.75, 3.05) is 0 Å². The largest absolute Gasteiger partial charge is 0.390 e. The van der Waals surface area contributed by atoms with Gasteiger partial charge in [0.1, 0.15) is 0 Å². The molecular weight excluding hydrogens is 272 g/mol. The molecule has 22 heavy (non-hydrogen) atoms. The Morgan fingerprint density at radius 2 is 1.82 bits per heavy atom. The number of allylic oxidation sites excluding steroid dienone is 1. The maximum atomic E-state index is 10.7. The van der Waals surface area contributed by atoms with Crippen molar-refractivity contribution in [2.45, 2.75) is 85.4 Å². The van der Waals surface area contributed by atoms with Crippen LogP contribution in [0.5, 0.6) is 0 Å². The zero-order valence-corrected chi connectivity index (χ0v) is 15.2. The van der Waals surface area contributed by atoms with Crippen molar-refractivity contribution < 1.29 is 10.2 Å². The molecule has 0 amide bonds. The van der Waals surface area contributed by atoms with Gasteiger partial charge in [0.25, 0.3) is 0 Å². The average Bonchev–Trinajstić information content (AvgIpc) is 2.41. The lowest BCUT2D eigenvalue weighted by Gasteiger charge is -2.60. The van der Waals surface area contributed by atoms with Gasteiger partial charge in [0, 0.05) is 0 Å². The van der Waals surface area contributed by atoms with Crippen molar-refractivity contribution >= 4 is 0 Å². The van der Waals surface area contributed by atoms with Crippen molar-refractivity contribution in [3.8, 4) is 0 Å². The zero-order valence-electron chi connectivity index (χ0n) is 15.2. The van der Waals surface area contributed by atoms with Gasteiger partial charge in [-0.05, 0) is 60.2 Å². The lowest BCUT2D eigenvalue weighted by Crippen LogP contribution is -2.58. The minimum atomic E-state index is -0.573. The molecule has 2 heteroatoms. The molecule has 128 valence electrons. The number of fused-ring (bicyclic) bond motifs is 1. The van der Waals surface area contributed by atoms with E-state index in [4.69, 9.17) is 0 Å². The van der Waals surface area contributed by atoms with Crippen LogP contribution in [-0.2, 0) is 0 Å². The summed E-state index contributed by atoms with van der Waals surface area (Å²) < 4.78 is 0. The van der Waals surface area contributed by atoms with Crippen LogP contribution in [0.2, 0.25) is 0 Å². The van der Waals surface area contributed by atoms with E-state index in [1.54, 1.807) is 0 Å². The van der Waals surface area contributed by atoms with E-state index in [0.717, 1.165) is 19.3 Å². The number of aliphatic hydroxyl groups excluding tert-OH is 2. The Hall–Kier alpha value is -0.340. The molecule has 0 aliphatic heterocycles. The van der Waals surface area contributed by atoms with E-state index in [0.29, 0.717) is 5.92 Å². The predicted octanol–water partition coefficient (Wildman–Crippen LogP) is 4.55. The normalized spacial score (nSPS) is 41.8. The van der Waals surface area contributed by atoms with Crippen LogP contribution in [-0.4, -0.2) is 22.4 Å². The van der Waals surface area contributed by atoms with Gasteiger partial charge in [-0.15, -0.1) is 6.58 Å². The van der Waals surface area contributed by atoms with Crippen LogP contribution < -0.4 is 0 Å². The second-order valence-corrected chi connectivity index (χ2v) is 9.53. The summed E-state index contributed by atoms with van der Waals surface area (Å²) in [6.07, 6.45) is 7.29. The SMILES string of the molecule is C=CC(C)(C)CCC1[C@@H](O)[C@H](O)CC2C(C)(C)CCC[C@@]12C. The molecular formula is C20H36O2. The third-order valence-corrected chi connectivity index (χ3v) is 7.06. The molecule has 2 aliphatic rings. The van der Waals surface area contributed by atoms with Gasteiger partial charge in [-0.2, -0.15) is 0 Å². The summed E-state index contributed by atoms with van der Waals surface area (Å²) in [7, 11) is 0. The van der Waals surface area contributed by atoms with Crippen molar-refractivity contribution in [1.29, 1.82) is 0 Å². The fourth-order valence-electron chi connectivity index (χ4n) is 5.37. The second-order valence-electron chi connectivity index (χ2n) is 9.53. The smallest absolute Gasteiger partial charge is 0.0832 e. The molecule has 0 aromatic rings. The topological polar surface area (TPSA) is 40.5 Å². The molecule has 2 aliphatic carbocycles. The molecule has 2 nitrogen and oxygen atoms in total. The average molecular weight is 309 g/mol. The first-order valence-electron chi connectivity index (χ1n) is 9.03. The summed E-state index contributed by atoms with van der Waals surface area (Å²) >= 11 is 0. The van der Waals surface area contributed by atoms with Crippen LogP contribution in [0.15, 0.2) is 12.7 Å².